The Bertz CT molecular complexity index is 639. The second kappa shape index (κ2) is 5.64. The normalized spacial score (nSPS) is 10.3. The number of benzene rings is 1. The highest BCUT2D eigenvalue weighted by molar-refractivity contribution is 5.36. The van der Waals surface area contributed by atoms with Crippen LogP contribution in [0, 0.1) is 30.9 Å². The lowest BCUT2D eigenvalue weighted by Crippen LogP contribution is -2.06. The second-order valence-electron chi connectivity index (χ2n) is 4.47. The monoisotopic (exact) mass is 273 g/mol. The zero-order chi connectivity index (χ0) is 14.7. The Morgan fingerprint density at radius 3 is 2.25 bits per heavy atom. The first-order valence-corrected chi connectivity index (χ1v) is 6.15. The number of nitrogens with zero attached hydrogens (tertiary/aromatic N) is 3. The molecule has 0 atom stereocenters. The smallest absolute Gasteiger partial charge is 0.269 e. The molecule has 0 saturated heterocycles. The molecule has 6 nitrogen and oxygen atoms in total. The Kier molecular flexibility index (Phi) is 3.93. The number of nitro groups is 1. The van der Waals surface area contributed by atoms with Crippen LogP contribution in [-0.2, 0) is 6.61 Å². The molecular weight excluding hydrogens is 258 g/mol. The highest BCUT2D eigenvalue weighted by Crippen LogP contribution is 2.18. The lowest BCUT2D eigenvalue weighted by atomic mass is 10.2. The SMILES string of the molecule is Cc1nc(C)c(COc2ccc([N+](=O)[O-])cc2)nc1C. The average molecular weight is 273 g/mol. The van der Waals surface area contributed by atoms with Crippen molar-refractivity contribution in [1.29, 1.82) is 0 Å². The summed E-state index contributed by atoms with van der Waals surface area (Å²) in [5, 5.41) is 10.6. The van der Waals surface area contributed by atoms with E-state index >= 15 is 0 Å². The van der Waals surface area contributed by atoms with Crippen LogP contribution in [0.3, 0.4) is 0 Å². The molecule has 0 unspecified atom stereocenters. The molecule has 0 aliphatic carbocycles. The topological polar surface area (TPSA) is 78.2 Å². The first-order chi connectivity index (χ1) is 9.47. The molecule has 20 heavy (non-hydrogen) atoms. The van der Waals surface area contributed by atoms with E-state index in [-0.39, 0.29) is 12.3 Å². The zero-order valence-electron chi connectivity index (χ0n) is 11.6. The first kappa shape index (κ1) is 13.9. The molecule has 0 bridgehead atoms. The summed E-state index contributed by atoms with van der Waals surface area (Å²) in [4.78, 5) is 18.9. The predicted molar refractivity (Wildman–Crippen MR) is 73.7 cm³/mol. The van der Waals surface area contributed by atoms with Crippen molar-refractivity contribution in [1.82, 2.24) is 9.97 Å². The molecule has 0 spiro atoms. The quantitative estimate of drug-likeness (QED) is 0.632. The summed E-state index contributed by atoms with van der Waals surface area (Å²) in [5.74, 6) is 0.565. The molecule has 2 aromatic rings. The van der Waals surface area contributed by atoms with Gasteiger partial charge in [0.25, 0.3) is 5.69 Å². The Labute approximate surface area is 116 Å². The Morgan fingerprint density at radius 1 is 1.05 bits per heavy atom. The number of nitro benzene ring substituents is 1. The van der Waals surface area contributed by atoms with Gasteiger partial charge in [0.05, 0.1) is 27.7 Å². The van der Waals surface area contributed by atoms with Gasteiger partial charge in [0.1, 0.15) is 12.4 Å². The lowest BCUT2D eigenvalue weighted by molar-refractivity contribution is -0.384. The van der Waals surface area contributed by atoms with Crippen LogP contribution in [0.2, 0.25) is 0 Å². The lowest BCUT2D eigenvalue weighted by Gasteiger charge is -2.09. The van der Waals surface area contributed by atoms with Gasteiger partial charge in [-0.15, -0.1) is 0 Å². The summed E-state index contributed by atoms with van der Waals surface area (Å²) in [6.45, 7) is 5.99. The third-order valence-corrected chi connectivity index (χ3v) is 3.00. The average Bonchev–Trinajstić information content (AvgIpc) is 2.42. The summed E-state index contributed by atoms with van der Waals surface area (Å²) in [7, 11) is 0. The molecule has 0 saturated carbocycles. The number of aryl methyl sites for hydroxylation is 3. The maximum Gasteiger partial charge on any atom is 0.269 e. The van der Waals surface area contributed by atoms with E-state index < -0.39 is 4.92 Å². The van der Waals surface area contributed by atoms with Crippen LogP contribution in [0.1, 0.15) is 22.8 Å². The van der Waals surface area contributed by atoms with Crippen molar-refractivity contribution in [2.24, 2.45) is 0 Å². The largest absolute Gasteiger partial charge is 0.487 e. The van der Waals surface area contributed by atoms with Crippen molar-refractivity contribution in [3.63, 3.8) is 0 Å². The van der Waals surface area contributed by atoms with Gasteiger partial charge in [0.15, 0.2) is 0 Å². The van der Waals surface area contributed by atoms with Crippen molar-refractivity contribution in [2.75, 3.05) is 0 Å². The van der Waals surface area contributed by atoms with E-state index in [1.807, 2.05) is 20.8 Å². The fourth-order valence-electron chi connectivity index (χ4n) is 1.71. The summed E-state index contributed by atoms with van der Waals surface area (Å²) in [6, 6.07) is 5.96. The minimum absolute atomic E-state index is 0.0412. The third-order valence-electron chi connectivity index (χ3n) is 3.00. The standard InChI is InChI=1S/C14H15N3O3/c1-9-10(2)16-14(11(3)15-9)8-20-13-6-4-12(5-7-13)17(18)19/h4-7H,8H2,1-3H3. The van der Waals surface area contributed by atoms with Gasteiger partial charge in [0, 0.05) is 12.1 Å². The Morgan fingerprint density at radius 2 is 1.65 bits per heavy atom. The fourth-order valence-corrected chi connectivity index (χ4v) is 1.71. The zero-order valence-corrected chi connectivity index (χ0v) is 11.6. The first-order valence-electron chi connectivity index (χ1n) is 6.15. The van der Waals surface area contributed by atoms with Gasteiger partial charge in [-0.25, -0.2) is 0 Å². The second-order valence-corrected chi connectivity index (χ2v) is 4.47. The van der Waals surface area contributed by atoms with Gasteiger partial charge in [-0.3, -0.25) is 20.1 Å². The van der Waals surface area contributed by atoms with E-state index in [0.29, 0.717) is 5.75 Å². The van der Waals surface area contributed by atoms with Crippen molar-refractivity contribution in [3.8, 4) is 5.75 Å². The molecule has 1 heterocycles. The summed E-state index contributed by atoms with van der Waals surface area (Å²) < 4.78 is 5.58. The predicted octanol–water partition coefficient (Wildman–Crippen LogP) is 2.89. The molecule has 6 heteroatoms. The van der Waals surface area contributed by atoms with Crippen LogP contribution < -0.4 is 4.74 Å². The fraction of sp³-hybridized carbons (Fsp3) is 0.286. The van der Waals surface area contributed by atoms with Crippen molar-refractivity contribution < 1.29 is 9.66 Å². The molecule has 0 aliphatic rings. The maximum absolute atomic E-state index is 10.6. The van der Waals surface area contributed by atoms with Gasteiger partial charge in [0.2, 0.25) is 0 Å². The molecule has 1 aromatic carbocycles. The van der Waals surface area contributed by atoms with E-state index in [1.165, 1.54) is 12.1 Å². The number of non-ortho nitro benzene ring substituents is 1. The van der Waals surface area contributed by atoms with Gasteiger partial charge in [-0.2, -0.15) is 0 Å². The molecular formula is C14H15N3O3. The van der Waals surface area contributed by atoms with Crippen LogP contribution in [0.15, 0.2) is 24.3 Å². The minimum Gasteiger partial charge on any atom is -0.487 e. The molecule has 0 aliphatic heterocycles. The highest BCUT2D eigenvalue weighted by Gasteiger charge is 2.08. The van der Waals surface area contributed by atoms with Crippen LogP contribution in [-0.4, -0.2) is 14.9 Å². The molecule has 0 radical (unpaired) electrons. The number of aromatic nitrogens is 2. The van der Waals surface area contributed by atoms with Crippen molar-refractivity contribution in [2.45, 2.75) is 27.4 Å². The third kappa shape index (κ3) is 3.09. The van der Waals surface area contributed by atoms with Crippen LogP contribution in [0.5, 0.6) is 5.75 Å². The van der Waals surface area contributed by atoms with E-state index in [1.54, 1.807) is 12.1 Å². The number of hydrogen-bond acceptors (Lipinski definition) is 5. The molecule has 104 valence electrons. The van der Waals surface area contributed by atoms with Crippen LogP contribution >= 0.6 is 0 Å². The van der Waals surface area contributed by atoms with Gasteiger partial charge < -0.3 is 4.74 Å². The molecule has 0 fully saturated rings. The number of rotatable bonds is 4. The van der Waals surface area contributed by atoms with Crippen molar-refractivity contribution in [3.05, 3.63) is 57.2 Å². The van der Waals surface area contributed by atoms with E-state index in [0.717, 1.165) is 22.8 Å². The molecule has 0 amide bonds. The molecule has 1 aromatic heterocycles. The Balaban J connectivity index is 2.09. The number of hydrogen-bond donors (Lipinski definition) is 0. The van der Waals surface area contributed by atoms with E-state index in [9.17, 15) is 10.1 Å². The summed E-state index contributed by atoms with van der Waals surface area (Å²) in [6.07, 6.45) is 0. The minimum atomic E-state index is -0.442. The Hall–Kier alpha value is -2.50. The van der Waals surface area contributed by atoms with E-state index in [2.05, 4.69) is 9.97 Å². The molecule has 2 rings (SSSR count). The highest BCUT2D eigenvalue weighted by atomic mass is 16.6. The maximum atomic E-state index is 10.6. The summed E-state index contributed by atoms with van der Waals surface area (Å²) >= 11 is 0. The van der Waals surface area contributed by atoms with Crippen LogP contribution in [0.25, 0.3) is 0 Å². The van der Waals surface area contributed by atoms with Gasteiger partial charge in [-0.05, 0) is 32.9 Å². The van der Waals surface area contributed by atoms with Crippen LogP contribution in [0.4, 0.5) is 5.69 Å². The van der Waals surface area contributed by atoms with E-state index in [4.69, 9.17) is 4.74 Å². The van der Waals surface area contributed by atoms with Crippen molar-refractivity contribution >= 4 is 5.69 Å². The molecule has 0 N–H and O–H groups in total. The van der Waals surface area contributed by atoms with Gasteiger partial charge in [-0.1, -0.05) is 0 Å². The van der Waals surface area contributed by atoms with Gasteiger partial charge >= 0.3 is 0 Å². The summed E-state index contributed by atoms with van der Waals surface area (Å²) in [5.41, 5.74) is 3.42. The number of ether oxygens (including phenoxy) is 1.